The van der Waals surface area contributed by atoms with Crippen LogP contribution in [0.15, 0.2) is 121 Å². The van der Waals surface area contributed by atoms with E-state index in [9.17, 15) is 9.59 Å². The fourth-order valence-corrected chi connectivity index (χ4v) is 5.97. The summed E-state index contributed by atoms with van der Waals surface area (Å²) in [5.41, 5.74) is 3.34. The van der Waals surface area contributed by atoms with Gasteiger partial charge in [-0.25, -0.2) is 9.59 Å². The molecule has 0 unspecified atom stereocenters. The van der Waals surface area contributed by atoms with Gasteiger partial charge in [-0.2, -0.15) is 0 Å². The average Bonchev–Trinajstić information content (AvgIpc) is 2.97. The zero-order valence-electron chi connectivity index (χ0n) is 23.1. The van der Waals surface area contributed by atoms with Crippen LogP contribution < -0.4 is 5.32 Å². The van der Waals surface area contributed by atoms with Crippen molar-refractivity contribution in [3.8, 4) is 0 Å². The van der Waals surface area contributed by atoms with Crippen LogP contribution in [-0.4, -0.2) is 29.5 Å². The zero-order chi connectivity index (χ0) is 28.4. The molecule has 1 atom stereocenters. The van der Waals surface area contributed by atoms with Crippen LogP contribution in [0.5, 0.6) is 0 Å². The molecule has 4 aromatic carbocycles. The molecule has 4 aromatic rings. The molecule has 6 heteroatoms. The van der Waals surface area contributed by atoms with Gasteiger partial charge in [0.2, 0.25) is 0 Å². The Labute approximate surface area is 240 Å². The minimum Gasteiger partial charge on any atom is -0.459 e. The number of ether oxygens (including phenoxy) is 2. The lowest BCUT2D eigenvalue weighted by Gasteiger charge is -2.36. The molecule has 0 aliphatic carbocycles. The summed E-state index contributed by atoms with van der Waals surface area (Å²) in [6.07, 6.45) is -0.667. The number of hydrogen-bond acceptors (Lipinski definition) is 5. The first kappa shape index (κ1) is 29.0. The molecule has 0 spiro atoms. The maximum absolute atomic E-state index is 13.4. The van der Waals surface area contributed by atoms with Gasteiger partial charge >= 0.3 is 12.1 Å². The topological polar surface area (TPSA) is 64.6 Å². The van der Waals surface area contributed by atoms with E-state index in [0.29, 0.717) is 0 Å². The molecule has 1 amide bonds. The third-order valence-electron chi connectivity index (χ3n) is 6.21. The van der Waals surface area contributed by atoms with Crippen LogP contribution in [0.1, 0.15) is 43.0 Å². The van der Waals surface area contributed by atoms with Crippen LogP contribution in [0.3, 0.4) is 0 Å². The van der Waals surface area contributed by atoms with Crippen LogP contribution in [0.4, 0.5) is 4.79 Å². The number of carbonyl (C=O) groups is 2. The fraction of sp³-hybridized carbons (Fsp3) is 0.235. The van der Waals surface area contributed by atoms with Crippen molar-refractivity contribution in [2.75, 3.05) is 5.75 Å². The van der Waals surface area contributed by atoms with E-state index in [4.69, 9.17) is 9.47 Å². The van der Waals surface area contributed by atoms with Crippen molar-refractivity contribution >= 4 is 23.8 Å². The van der Waals surface area contributed by atoms with Crippen LogP contribution in [-0.2, 0) is 25.6 Å². The number of rotatable bonds is 10. The highest BCUT2D eigenvalue weighted by Gasteiger charge is 2.39. The Morgan fingerprint density at radius 2 is 1.12 bits per heavy atom. The minimum atomic E-state index is -0.945. The van der Waals surface area contributed by atoms with Crippen molar-refractivity contribution in [1.29, 1.82) is 0 Å². The summed E-state index contributed by atoms with van der Waals surface area (Å²) in [4.78, 5) is 26.3. The Hall–Kier alpha value is -4.03. The van der Waals surface area contributed by atoms with E-state index in [1.54, 1.807) is 32.5 Å². The van der Waals surface area contributed by atoms with E-state index < -0.39 is 28.5 Å². The van der Waals surface area contributed by atoms with E-state index in [-0.39, 0.29) is 12.4 Å². The second-order valence-corrected chi connectivity index (χ2v) is 11.6. The third-order valence-corrected chi connectivity index (χ3v) is 7.85. The number of nitrogens with one attached hydrogen (secondary N) is 1. The Bertz CT molecular complexity index is 1260. The van der Waals surface area contributed by atoms with Gasteiger partial charge in [-0.05, 0) is 43.0 Å². The molecule has 1 N–H and O–H groups in total. The number of thioether (sulfide) groups is 1. The summed E-state index contributed by atoms with van der Waals surface area (Å²) in [7, 11) is 0. The molecule has 0 fully saturated rings. The van der Waals surface area contributed by atoms with Gasteiger partial charge in [0.05, 0.1) is 4.75 Å². The van der Waals surface area contributed by atoms with Gasteiger partial charge in [-0.1, -0.05) is 121 Å². The molecule has 0 heterocycles. The molecule has 0 aliphatic rings. The van der Waals surface area contributed by atoms with Gasteiger partial charge in [0.25, 0.3) is 0 Å². The molecule has 4 rings (SSSR count). The molecule has 0 aliphatic heterocycles. The lowest BCUT2D eigenvalue weighted by Crippen LogP contribution is -2.46. The lowest BCUT2D eigenvalue weighted by atomic mass is 9.84. The molecule has 0 aromatic heterocycles. The van der Waals surface area contributed by atoms with Gasteiger partial charge in [0.1, 0.15) is 18.2 Å². The van der Waals surface area contributed by atoms with Crippen molar-refractivity contribution in [3.63, 3.8) is 0 Å². The van der Waals surface area contributed by atoms with Gasteiger partial charge in [-0.15, -0.1) is 11.8 Å². The average molecular weight is 554 g/mol. The van der Waals surface area contributed by atoms with Gasteiger partial charge in [0.15, 0.2) is 0 Å². The summed E-state index contributed by atoms with van der Waals surface area (Å²) in [5.74, 6) is -0.281. The summed E-state index contributed by atoms with van der Waals surface area (Å²) in [5, 5.41) is 2.78. The Kier molecular flexibility index (Phi) is 9.67. The number of esters is 1. The van der Waals surface area contributed by atoms with Crippen molar-refractivity contribution in [2.24, 2.45) is 0 Å². The van der Waals surface area contributed by atoms with Gasteiger partial charge in [-0.3, -0.25) is 0 Å². The molecule has 0 saturated heterocycles. The van der Waals surface area contributed by atoms with Crippen molar-refractivity contribution in [1.82, 2.24) is 5.32 Å². The molecular formula is C34H35NO4S. The smallest absolute Gasteiger partial charge is 0.408 e. The zero-order valence-corrected chi connectivity index (χ0v) is 23.9. The van der Waals surface area contributed by atoms with Crippen LogP contribution in [0.2, 0.25) is 0 Å². The molecule has 206 valence electrons. The van der Waals surface area contributed by atoms with Crippen molar-refractivity contribution in [2.45, 2.75) is 43.8 Å². The first-order chi connectivity index (χ1) is 19.3. The normalized spacial score (nSPS) is 12.3. The maximum atomic E-state index is 13.4. The molecule has 0 bridgehead atoms. The molecule has 5 nitrogen and oxygen atoms in total. The monoisotopic (exact) mass is 553 g/mol. The maximum Gasteiger partial charge on any atom is 0.408 e. The summed E-state index contributed by atoms with van der Waals surface area (Å²) in [6.45, 7) is 5.47. The van der Waals surface area contributed by atoms with E-state index >= 15 is 0 Å². The highest BCUT2D eigenvalue weighted by molar-refractivity contribution is 8.00. The number of benzene rings is 4. The first-order valence-corrected chi connectivity index (χ1v) is 14.3. The number of carbonyl (C=O) groups excluding carboxylic acids is 2. The lowest BCUT2D eigenvalue weighted by molar-refractivity contribution is -0.146. The van der Waals surface area contributed by atoms with Crippen molar-refractivity contribution < 1.29 is 19.1 Å². The fourth-order valence-electron chi connectivity index (χ4n) is 4.42. The van der Waals surface area contributed by atoms with Crippen LogP contribution in [0.25, 0.3) is 0 Å². The molecule has 0 saturated carbocycles. The first-order valence-electron chi connectivity index (χ1n) is 13.3. The van der Waals surface area contributed by atoms with Crippen LogP contribution in [0, 0.1) is 0 Å². The summed E-state index contributed by atoms with van der Waals surface area (Å²) in [6, 6.07) is 39.2. The minimum absolute atomic E-state index is 0.109. The quantitative estimate of drug-likeness (QED) is 0.164. The standard InChI is InChI=1S/C34H35NO4S/c1-33(2,3)39-32(37)35-30(31(36)38-24-26-16-8-4-9-17-26)25-40-34(27-18-10-5-11-19-27,28-20-12-6-13-21-28)29-22-14-7-15-23-29/h4-23,30H,24-25H2,1-3H3,(H,35,37)/t30-/m0/s1. The second-order valence-electron chi connectivity index (χ2n) is 10.4. The Balaban J connectivity index is 1.69. The predicted molar refractivity (Wildman–Crippen MR) is 161 cm³/mol. The van der Waals surface area contributed by atoms with Gasteiger partial charge < -0.3 is 14.8 Å². The predicted octanol–water partition coefficient (Wildman–Crippen LogP) is 7.35. The van der Waals surface area contributed by atoms with E-state index in [0.717, 1.165) is 22.3 Å². The molecule has 40 heavy (non-hydrogen) atoms. The number of alkyl carbamates (subject to hydrolysis) is 1. The van der Waals surface area contributed by atoms with Crippen molar-refractivity contribution in [3.05, 3.63) is 144 Å². The van der Waals surface area contributed by atoms with Gasteiger partial charge in [0, 0.05) is 5.75 Å². The third kappa shape index (κ3) is 7.54. The largest absolute Gasteiger partial charge is 0.459 e. The summed E-state index contributed by atoms with van der Waals surface area (Å²) >= 11 is 1.58. The molecular weight excluding hydrogens is 518 g/mol. The molecule has 0 radical (unpaired) electrons. The Morgan fingerprint density at radius 1 is 0.700 bits per heavy atom. The SMILES string of the molecule is CC(C)(C)OC(=O)N[C@@H](CSC(c1ccccc1)(c1ccccc1)c1ccccc1)C(=O)OCc1ccccc1. The number of amides is 1. The highest BCUT2D eigenvalue weighted by atomic mass is 32.2. The van der Waals surface area contributed by atoms with Crippen LogP contribution >= 0.6 is 11.8 Å². The second kappa shape index (κ2) is 13.4. The van der Waals surface area contributed by atoms with E-state index in [1.807, 2.05) is 84.9 Å². The number of hydrogen-bond donors (Lipinski definition) is 1. The van der Waals surface area contributed by atoms with E-state index in [2.05, 4.69) is 41.7 Å². The van der Waals surface area contributed by atoms with E-state index in [1.165, 1.54) is 0 Å². The Morgan fingerprint density at radius 3 is 1.55 bits per heavy atom. The highest BCUT2D eigenvalue weighted by Crippen LogP contribution is 2.48. The summed E-state index contributed by atoms with van der Waals surface area (Å²) < 4.78 is 10.5.